The minimum Gasteiger partial charge on any atom is -0.393 e. The molecule has 0 saturated heterocycles. The van der Waals surface area contributed by atoms with Crippen LogP contribution in [-0.4, -0.2) is 34.4 Å². The van der Waals surface area contributed by atoms with Crippen molar-refractivity contribution in [3.05, 3.63) is 0 Å². The lowest BCUT2D eigenvalue weighted by Crippen LogP contribution is -2.54. The van der Waals surface area contributed by atoms with Crippen molar-refractivity contribution in [1.82, 2.24) is 0 Å². The van der Waals surface area contributed by atoms with Crippen LogP contribution in [0, 0.1) is 40.4 Å². The van der Waals surface area contributed by atoms with E-state index in [0.717, 1.165) is 51.4 Å². The van der Waals surface area contributed by atoms with Crippen molar-refractivity contribution < 1.29 is 28.2 Å². The summed E-state index contributed by atoms with van der Waals surface area (Å²) in [7, 11) is 0. The van der Waals surface area contributed by atoms with Crippen LogP contribution < -0.4 is 0 Å². The van der Waals surface area contributed by atoms with Gasteiger partial charge < -0.3 is 10.2 Å². The molecular weight excluding hydrogens is 381 g/mol. The summed E-state index contributed by atoms with van der Waals surface area (Å²) in [5.74, 6) is 1.33. The van der Waals surface area contributed by atoms with E-state index in [4.69, 9.17) is 0 Å². The van der Waals surface area contributed by atoms with Gasteiger partial charge in [-0.3, -0.25) is 4.79 Å². The third-order valence-electron chi connectivity index (χ3n) is 9.80. The standard InChI is InChI=1S/C23H35F3O3/c1-21-9-7-14(27)11-13(21)3-4-15-16-5-6-18(22(16,2)10-8-17(15)21)19(28)12-20(29)23(24,25)26/h13-18,20,27,29H,3-12H2,1-2H3/t13-,14-,15-,16-,17-,18+,20-,21-,22-/m0/s1. The Labute approximate surface area is 171 Å². The number of alkyl halides is 3. The van der Waals surface area contributed by atoms with Gasteiger partial charge >= 0.3 is 6.18 Å². The fourth-order valence-electron chi connectivity index (χ4n) is 8.21. The second kappa shape index (κ2) is 7.22. The first-order valence-corrected chi connectivity index (χ1v) is 11.4. The first-order chi connectivity index (χ1) is 13.5. The van der Waals surface area contributed by atoms with Gasteiger partial charge in [-0.05, 0) is 92.3 Å². The highest BCUT2D eigenvalue weighted by Crippen LogP contribution is 2.67. The Kier molecular flexibility index (Phi) is 5.38. The van der Waals surface area contributed by atoms with E-state index < -0.39 is 24.5 Å². The van der Waals surface area contributed by atoms with E-state index in [1.165, 1.54) is 0 Å². The van der Waals surface area contributed by atoms with Crippen LogP contribution in [0.5, 0.6) is 0 Å². The van der Waals surface area contributed by atoms with Crippen molar-refractivity contribution in [2.45, 2.75) is 96.4 Å². The number of fused-ring (bicyclic) bond motifs is 5. The molecule has 0 spiro atoms. The van der Waals surface area contributed by atoms with Crippen LogP contribution in [0.15, 0.2) is 0 Å². The van der Waals surface area contributed by atoms with Gasteiger partial charge in [-0.15, -0.1) is 0 Å². The second-order valence-electron chi connectivity index (χ2n) is 11.0. The Morgan fingerprint density at radius 2 is 1.66 bits per heavy atom. The summed E-state index contributed by atoms with van der Waals surface area (Å²) in [6, 6.07) is 0. The van der Waals surface area contributed by atoms with Gasteiger partial charge in [0.25, 0.3) is 0 Å². The lowest BCUT2D eigenvalue weighted by atomic mass is 9.44. The molecule has 0 aliphatic heterocycles. The van der Waals surface area contributed by atoms with Crippen molar-refractivity contribution in [3.63, 3.8) is 0 Å². The Bertz CT molecular complexity index is 650. The Balaban J connectivity index is 1.51. The average molecular weight is 417 g/mol. The fourth-order valence-corrected chi connectivity index (χ4v) is 8.21. The maximum Gasteiger partial charge on any atom is 0.414 e. The van der Waals surface area contributed by atoms with E-state index in [-0.39, 0.29) is 22.9 Å². The summed E-state index contributed by atoms with van der Waals surface area (Å²) in [5.41, 5.74) is 0.0129. The Morgan fingerprint density at radius 3 is 2.34 bits per heavy atom. The maximum absolute atomic E-state index is 12.8. The van der Waals surface area contributed by atoms with E-state index in [1.807, 2.05) is 0 Å². The highest BCUT2D eigenvalue weighted by Gasteiger charge is 2.61. The molecule has 0 bridgehead atoms. The lowest BCUT2D eigenvalue weighted by Gasteiger charge is -2.60. The van der Waals surface area contributed by atoms with E-state index in [0.29, 0.717) is 30.1 Å². The van der Waals surface area contributed by atoms with Gasteiger partial charge in [0.15, 0.2) is 6.10 Å². The molecule has 4 fully saturated rings. The maximum atomic E-state index is 12.8. The zero-order valence-electron chi connectivity index (χ0n) is 17.5. The summed E-state index contributed by atoms with van der Waals surface area (Å²) >= 11 is 0. The summed E-state index contributed by atoms with van der Waals surface area (Å²) in [6.07, 6.45) is 0.310. The monoisotopic (exact) mass is 416 g/mol. The van der Waals surface area contributed by atoms with Gasteiger partial charge in [0.1, 0.15) is 5.78 Å². The molecular formula is C23H35F3O3. The predicted octanol–water partition coefficient (Wildman–Crippen LogP) is 4.89. The quantitative estimate of drug-likeness (QED) is 0.689. The number of carbonyl (C=O) groups is 1. The molecule has 4 rings (SSSR count). The number of Topliss-reactive ketones (excluding diaryl/α,β-unsaturated/α-hetero) is 1. The number of carbonyl (C=O) groups excluding carboxylic acids is 1. The minimum atomic E-state index is -4.73. The van der Waals surface area contributed by atoms with Crippen molar-refractivity contribution in [2.24, 2.45) is 40.4 Å². The zero-order chi connectivity index (χ0) is 21.2. The molecule has 9 atom stereocenters. The molecule has 6 heteroatoms. The summed E-state index contributed by atoms with van der Waals surface area (Å²) in [6.45, 7) is 4.53. The minimum absolute atomic E-state index is 0.174. The molecule has 0 amide bonds. The van der Waals surface area contributed by atoms with Gasteiger partial charge in [-0.1, -0.05) is 13.8 Å². The van der Waals surface area contributed by atoms with Crippen LogP contribution in [-0.2, 0) is 4.79 Å². The molecule has 166 valence electrons. The highest BCUT2D eigenvalue weighted by atomic mass is 19.4. The van der Waals surface area contributed by atoms with Gasteiger partial charge in [0.2, 0.25) is 0 Å². The van der Waals surface area contributed by atoms with Gasteiger partial charge in [0, 0.05) is 12.3 Å². The number of aliphatic hydroxyl groups excluding tert-OH is 2. The first-order valence-electron chi connectivity index (χ1n) is 11.4. The SMILES string of the molecule is C[C@]12CC[C@H](O)C[C@@H]1CC[C@@H]1[C@@H]2CC[C@]2(C)[C@@H](C(=O)C[C@H](O)C(F)(F)F)CC[C@@H]12. The molecule has 0 radical (unpaired) electrons. The number of aliphatic hydroxyl groups is 2. The number of rotatable bonds is 3. The average Bonchev–Trinajstić information content (AvgIpc) is 2.98. The molecule has 4 aliphatic carbocycles. The smallest absolute Gasteiger partial charge is 0.393 e. The molecule has 4 saturated carbocycles. The van der Waals surface area contributed by atoms with Crippen molar-refractivity contribution in [1.29, 1.82) is 0 Å². The van der Waals surface area contributed by atoms with E-state index in [1.54, 1.807) is 0 Å². The van der Waals surface area contributed by atoms with Crippen LogP contribution in [0.25, 0.3) is 0 Å². The second-order valence-corrected chi connectivity index (χ2v) is 11.0. The van der Waals surface area contributed by atoms with Crippen LogP contribution in [0.2, 0.25) is 0 Å². The molecule has 0 heterocycles. The number of hydrogen-bond donors (Lipinski definition) is 2. The molecule has 4 aliphatic rings. The lowest BCUT2D eigenvalue weighted by molar-refractivity contribution is -0.206. The normalized spacial score (nSPS) is 48.4. The third-order valence-corrected chi connectivity index (χ3v) is 9.80. The molecule has 0 unspecified atom stereocenters. The fraction of sp³-hybridized carbons (Fsp3) is 0.957. The number of ketones is 1. The molecule has 0 aromatic rings. The predicted molar refractivity (Wildman–Crippen MR) is 103 cm³/mol. The number of hydrogen-bond acceptors (Lipinski definition) is 3. The summed E-state index contributed by atoms with van der Waals surface area (Å²) in [4.78, 5) is 12.8. The number of halogens is 3. The molecule has 29 heavy (non-hydrogen) atoms. The highest BCUT2D eigenvalue weighted by molar-refractivity contribution is 5.82. The topological polar surface area (TPSA) is 57.5 Å². The molecule has 2 N–H and O–H groups in total. The van der Waals surface area contributed by atoms with Gasteiger partial charge in [-0.25, -0.2) is 0 Å². The van der Waals surface area contributed by atoms with Crippen LogP contribution in [0.3, 0.4) is 0 Å². The van der Waals surface area contributed by atoms with Crippen LogP contribution >= 0.6 is 0 Å². The van der Waals surface area contributed by atoms with Gasteiger partial charge in [-0.2, -0.15) is 13.2 Å². The Morgan fingerprint density at radius 1 is 1.00 bits per heavy atom. The first kappa shape index (κ1) is 21.6. The van der Waals surface area contributed by atoms with Crippen LogP contribution in [0.4, 0.5) is 13.2 Å². The van der Waals surface area contributed by atoms with Crippen molar-refractivity contribution in [2.75, 3.05) is 0 Å². The molecule has 3 nitrogen and oxygen atoms in total. The van der Waals surface area contributed by atoms with E-state index >= 15 is 0 Å². The Hall–Kier alpha value is -0.620. The molecule has 0 aromatic carbocycles. The van der Waals surface area contributed by atoms with Crippen molar-refractivity contribution >= 4 is 5.78 Å². The van der Waals surface area contributed by atoms with Crippen molar-refractivity contribution in [3.8, 4) is 0 Å². The molecule has 0 aromatic heterocycles. The third kappa shape index (κ3) is 3.46. The van der Waals surface area contributed by atoms with E-state index in [2.05, 4.69) is 13.8 Å². The summed E-state index contributed by atoms with van der Waals surface area (Å²) in [5, 5.41) is 19.5. The largest absolute Gasteiger partial charge is 0.414 e. The van der Waals surface area contributed by atoms with E-state index in [9.17, 15) is 28.2 Å². The van der Waals surface area contributed by atoms with Gasteiger partial charge in [0.05, 0.1) is 6.10 Å². The van der Waals surface area contributed by atoms with Crippen LogP contribution in [0.1, 0.15) is 78.1 Å². The summed E-state index contributed by atoms with van der Waals surface area (Å²) < 4.78 is 38.3. The zero-order valence-corrected chi connectivity index (χ0v) is 17.5.